The number of phenols is 1. The molecule has 2 amide bonds. The molecule has 2 fully saturated rings. The molecule has 0 spiro atoms. The van der Waals surface area contributed by atoms with E-state index >= 15 is 0 Å². The number of nitrogens with zero attached hydrogens (tertiary/aromatic N) is 4. The van der Waals surface area contributed by atoms with E-state index in [0.717, 1.165) is 47.7 Å². The third-order valence-electron chi connectivity index (χ3n) is 9.30. The summed E-state index contributed by atoms with van der Waals surface area (Å²) in [6.07, 6.45) is 3.69. The fourth-order valence-corrected chi connectivity index (χ4v) is 6.79. The molecule has 12 heteroatoms. The number of pyridine rings is 1. The predicted octanol–water partition coefficient (Wildman–Crippen LogP) is 5.08. The fourth-order valence-electron chi connectivity index (χ4n) is 6.79. The quantitative estimate of drug-likeness (QED) is 0.194. The average Bonchev–Trinajstić information content (AvgIpc) is 3.41. The molecule has 258 valence electrons. The predicted molar refractivity (Wildman–Crippen MR) is 184 cm³/mol. The first-order valence-corrected chi connectivity index (χ1v) is 16.9. The summed E-state index contributed by atoms with van der Waals surface area (Å²) in [7, 11) is 1.80. The van der Waals surface area contributed by atoms with Crippen molar-refractivity contribution in [3.63, 3.8) is 0 Å². The van der Waals surface area contributed by atoms with Crippen LogP contribution in [0.5, 0.6) is 17.4 Å². The van der Waals surface area contributed by atoms with Crippen molar-refractivity contribution >= 4 is 11.8 Å². The van der Waals surface area contributed by atoms with Crippen LogP contribution >= 0.6 is 0 Å². The van der Waals surface area contributed by atoms with Gasteiger partial charge in [-0.05, 0) is 87.9 Å². The summed E-state index contributed by atoms with van der Waals surface area (Å²) in [6.45, 7) is 8.71. The Morgan fingerprint density at radius 2 is 1.63 bits per heavy atom. The van der Waals surface area contributed by atoms with Gasteiger partial charge in [0.1, 0.15) is 28.6 Å². The van der Waals surface area contributed by atoms with Crippen molar-refractivity contribution in [3.8, 4) is 28.5 Å². The molecule has 0 unspecified atom stereocenters. The third kappa shape index (κ3) is 8.44. The molecule has 4 N–H and O–H groups in total. The number of hydrogen-bond acceptors (Lipinski definition) is 8. The summed E-state index contributed by atoms with van der Waals surface area (Å²) < 4.78 is 22.1. The molecule has 0 radical (unpaired) electrons. The lowest BCUT2D eigenvalue weighted by Gasteiger charge is -2.36. The van der Waals surface area contributed by atoms with Crippen molar-refractivity contribution in [3.05, 3.63) is 89.1 Å². The molecule has 2 aromatic carbocycles. The van der Waals surface area contributed by atoms with Gasteiger partial charge in [-0.3, -0.25) is 19.2 Å². The molecule has 11 nitrogen and oxygen atoms in total. The minimum Gasteiger partial charge on any atom is -0.508 e. The van der Waals surface area contributed by atoms with E-state index in [4.69, 9.17) is 4.74 Å². The van der Waals surface area contributed by atoms with E-state index < -0.39 is 11.7 Å². The van der Waals surface area contributed by atoms with Crippen LogP contribution in [0.4, 0.5) is 4.39 Å². The number of aromatic hydroxyl groups is 1. The molecular formula is C37H44FN7O4. The lowest BCUT2D eigenvalue weighted by Crippen LogP contribution is -2.53. The number of rotatable bonds is 9. The molecule has 2 aromatic heterocycles. The normalized spacial score (nSPS) is 21.2. The van der Waals surface area contributed by atoms with E-state index in [-0.39, 0.29) is 35.2 Å². The minimum atomic E-state index is -0.650. The van der Waals surface area contributed by atoms with Gasteiger partial charge in [-0.25, -0.2) is 9.37 Å². The molecule has 1 aliphatic carbocycles. The van der Waals surface area contributed by atoms with Crippen LogP contribution in [0, 0.1) is 12.7 Å². The molecule has 2 aliphatic rings. The Morgan fingerprint density at radius 1 is 0.959 bits per heavy atom. The lowest BCUT2D eigenvalue weighted by molar-refractivity contribution is 0.0887. The number of piperazine rings is 1. The zero-order valence-electron chi connectivity index (χ0n) is 28.4. The first-order chi connectivity index (χ1) is 23.5. The molecule has 0 bridgehead atoms. The Balaban J connectivity index is 1.08. The van der Waals surface area contributed by atoms with Crippen LogP contribution in [0.3, 0.4) is 0 Å². The summed E-state index contributed by atoms with van der Waals surface area (Å²) in [5.41, 5.74) is 3.75. The third-order valence-corrected chi connectivity index (χ3v) is 9.30. The molecule has 6 rings (SSSR count). The minimum absolute atomic E-state index is 0.00935. The van der Waals surface area contributed by atoms with E-state index in [1.54, 1.807) is 36.0 Å². The first-order valence-electron chi connectivity index (χ1n) is 16.9. The number of nitrogens with one attached hydrogen (secondary N) is 3. The Bertz CT molecular complexity index is 1790. The summed E-state index contributed by atoms with van der Waals surface area (Å²) in [5, 5.41) is 24.7. The standard InChI is InChI=1S/C37H44FN7O4/c1-22-19-45(20-23(2)40-22)21-27-9-8-26(16-34(27)46)25-6-5-7-31(15-25)49-37-32(17-28(38)18-39-37)35(47)41-29-10-12-30(13-11-29)42-36(48)33-14-24(3)44(4)43-33/h5-9,14-18,22-23,29-30,40,46H,10-13,19-21H2,1-4H3,(H,41,47)(H,42,48)/t22-,23+,29-,30-. The van der Waals surface area contributed by atoms with Crippen molar-refractivity contribution in [2.45, 2.75) is 77.2 Å². The molecule has 3 heterocycles. The molecule has 49 heavy (non-hydrogen) atoms. The number of benzene rings is 2. The van der Waals surface area contributed by atoms with E-state index in [1.807, 2.05) is 31.2 Å². The maximum atomic E-state index is 14.3. The van der Waals surface area contributed by atoms with Crippen LogP contribution in [-0.2, 0) is 13.6 Å². The van der Waals surface area contributed by atoms with Gasteiger partial charge in [0.15, 0.2) is 0 Å². The van der Waals surface area contributed by atoms with Crippen molar-refractivity contribution in [2.24, 2.45) is 7.05 Å². The summed E-state index contributed by atoms with van der Waals surface area (Å²) in [5.74, 6) is -0.720. The Labute approximate surface area is 285 Å². The summed E-state index contributed by atoms with van der Waals surface area (Å²) >= 11 is 0. The van der Waals surface area contributed by atoms with Crippen molar-refractivity contribution in [2.75, 3.05) is 13.1 Å². The van der Waals surface area contributed by atoms with Gasteiger partial charge in [0, 0.05) is 62.1 Å². The fraction of sp³-hybridized carbons (Fsp3) is 0.405. The zero-order valence-corrected chi connectivity index (χ0v) is 28.4. The van der Waals surface area contributed by atoms with E-state index in [9.17, 15) is 19.1 Å². The maximum absolute atomic E-state index is 14.3. The second kappa shape index (κ2) is 14.8. The highest BCUT2D eigenvalue weighted by molar-refractivity contribution is 5.96. The van der Waals surface area contributed by atoms with Crippen LogP contribution in [-0.4, -0.2) is 73.8 Å². The molecule has 4 aromatic rings. The van der Waals surface area contributed by atoms with Gasteiger partial charge in [0.25, 0.3) is 11.8 Å². The number of ether oxygens (including phenoxy) is 1. The van der Waals surface area contributed by atoms with Crippen LogP contribution in [0.2, 0.25) is 0 Å². The van der Waals surface area contributed by atoms with Gasteiger partial charge in [-0.15, -0.1) is 0 Å². The van der Waals surface area contributed by atoms with E-state index in [0.29, 0.717) is 55.8 Å². The smallest absolute Gasteiger partial charge is 0.272 e. The lowest BCUT2D eigenvalue weighted by atomic mass is 9.91. The Hall–Kier alpha value is -4.81. The topological polar surface area (TPSA) is 134 Å². The molecule has 2 atom stereocenters. The second-order valence-corrected chi connectivity index (χ2v) is 13.4. The van der Waals surface area contributed by atoms with Gasteiger partial charge in [-0.1, -0.05) is 24.3 Å². The number of amides is 2. The van der Waals surface area contributed by atoms with E-state index in [2.05, 4.69) is 44.8 Å². The van der Waals surface area contributed by atoms with Crippen molar-refractivity contribution < 1.29 is 23.8 Å². The highest BCUT2D eigenvalue weighted by Crippen LogP contribution is 2.32. The van der Waals surface area contributed by atoms with E-state index in [1.165, 1.54) is 0 Å². The SMILES string of the molecule is Cc1cc(C(=O)N[C@H]2CC[C@H](NC(=O)c3cc(F)cnc3Oc3cccc(-c4ccc(CN5C[C@@H](C)N[C@@H](C)C5)c(O)c4)c3)CC2)nn1C. The average molecular weight is 670 g/mol. The van der Waals surface area contributed by atoms with Crippen LogP contribution in [0.1, 0.15) is 71.6 Å². The van der Waals surface area contributed by atoms with Crippen LogP contribution in [0.15, 0.2) is 60.8 Å². The molecule has 1 saturated carbocycles. The monoisotopic (exact) mass is 669 g/mol. The van der Waals surface area contributed by atoms with Gasteiger partial charge < -0.3 is 25.8 Å². The number of halogens is 1. The Morgan fingerprint density at radius 3 is 2.29 bits per heavy atom. The van der Waals surface area contributed by atoms with Gasteiger partial charge >= 0.3 is 0 Å². The number of aryl methyl sites for hydroxylation is 2. The Kier molecular flexibility index (Phi) is 10.3. The van der Waals surface area contributed by atoms with Gasteiger partial charge in [-0.2, -0.15) is 5.10 Å². The second-order valence-electron chi connectivity index (χ2n) is 13.4. The van der Waals surface area contributed by atoms with Crippen LogP contribution < -0.4 is 20.7 Å². The number of phenolic OH excluding ortho intramolecular Hbond substituents is 1. The number of carbonyl (C=O) groups excluding carboxylic acids is 2. The largest absolute Gasteiger partial charge is 0.508 e. The highest BCUT2D eigenvalue weighted by Gasteiger charge is 2.27. The maximum Gasteiger partial charge on any atom is 0.272 e. The molecular weight excluding hydrogens is 625 g/mol. The number of aromatic nitrogens is 3. The molecule has 1 aliphatic heterocycles. The summed E-state index contributed by atoms with van der Waals surface area (Å²) in [4.78, 5) is 32.5. The first kappa shape index (κ1) is 34.1. The zero-order chi connectivity index (χ0) is 34.7. The highest BCUT2D eigenvalue weighted by atomic mass is 19.1. The van der Waals surface area contributed by atoms with Gasteiger partial charge in [0.2, 0.25) is 5.88 Å². The number of carbonyl (C=O) groups is 2. The van der Waals surface area contributed by atoms with Crippen LogP contribution in [0.25, 0.3) is 11.1 Å². The number of hydrogen-bond donors (Lipinski definition) is 4. The van der Waals surface area contributed by atoms with Gasteiger partial charge in [0.05, 0.1) is 6.20 Å². The molecule has 1 saturated heterocycles. The van der Waals surface area contributed by atoms with Crippen molar-refractivity contribution in [1.29, 1.82) is 0 Å². The summed E-state index contributed by atoms with van der Waals surface area (Å²) in [6, 6.07) is 16.4. The van der Waals surface area contributed by atoms with Crippen molar-refractivity contribution in [1.82, 2.24) is 35.6 Å².